The molecule has 0 fully saturated rings. The van der Waals surface area contributed by atoms with E-state index in [1.165, 1.54) is 0 Å². The van der Waals surface area contributed by atoms with Crippen LogP contribution in [0.2, 0.25) is 0 Å². The maximum absolute atomic E-state index is 5.27. The van der Waals surface area contributed by atoms with Crippen LogP contribution in [0.4, 0.5) is 0 Å². The van der Waals surface area contributed by atoms with Gasteiger partial charge in [0.05, 0.1) is 22.2 Å². The monoisotopic (exact) mass is 222 g/mol. The fourth-order valence-electron chi connectivity index (χ4n) is 1.83. The van der Waals surface area contributed by atoms with Crippen molar-refractivity contribution in [2.75, 3.05) is 0 Å². The number of fused-ring (bicyclic) bond motifs is 3. The summed E-state index contributed by atoms with van der Waals surface area (Å²) in [6.07, 6.45) is 3.61. The van der Waals surface area contributed by atoms with E-state index in [0.29, 0.717) is 0 Å². The molecule has 2 radical (unpaired) electrons. The second kappa shape index (κ2) is 3.75. The molecule has 74 valence electrons. The number of rotatable bonds is 1. The number of hydrogen-bond acceptors (Lipinski definition) is 3. The van der Waals surface area contributed by atoms with Crippen LogP contribution in [-0.2, 0) is 0 Å². The molecule has 4 heteroatoms. The first kappa shape index (κ1) is 9.59. The lowest BCUT2D eigenvalue weighted by atomic mass is 10.1. The summed E-state index contributed by atoms with van der Waals surface area (Å²) in [5.41, 5.74) is 1.82. The van der Waals surface area contributed by atoms with E-state index in [1.807, 2.05) is 36.5 Å². The molecule has 0 spiro atoms. The second-order valence-electron chi connectivity index (χ2n) is 3.47. The van der Waals surface area contributed by atoms with Gasteiger partial charge in [0, 0.05) is 17.8 Å². The Balaban J connectivity index is 2.57. The van der Waals surface area contributed by atoms with E-state index in [1.54, 1.807) is 6.20 Å². The van der Waals surface area contributed by atoms with Gasteiger partial charge in [-0.2, -0.15) is 0 Å². The van der Waals surface area contributed by atoms with Gasteiger partial charge >= 0.3 is 16.6 Å². The van der Waals surface area contributed by atoms with Gasteiger partial charge in [-0.3, -0.25) is 9.97 Å². The number of pyridine rings is 2. The summed E-state index contributed by atoms with van der Waals surface area (Å²) < 4.78 is 5.27. The van der Waals surface area contributed by atoms with Crippen LogP contribution in [0.1, 0.15) is 0 Å². The molecule has 1 aromatic carbocycles. The lowest BCUT2D eigenvalue weighted by Crippen LogP contribution is -1.90. The number of nitrogens with zero attached hydrogens (tertiary/aromatic N) is 2. The molecule has 16 heavy (non-hydrogen) atoms. The predicted octanol–water partition coefficient (Wildman–Crippen LogP) is 2.25. The first-order chi connectivity index (χ1) is 7.90. The average molecular weight is 222 g/mol. The SMILES string of the molecule is [Al][O]c1cccc2ncc3cccnc3c12. The van der Waals surface area contributed by atoms with Gasteiger partial charge in [-0.15, -0.1) is 0 Å². The van der Waals surface area contributed by atoms with Crippen molar-refractivity contribution in [3.8, 4) is 5.75 Å². The molecule has 0 bridgehead atoms. The molecule has 0 aliphatic rings. The molecule has 0 N–H and O–H groups in total. The molecule has 0 aliphatic heterocycles. The highest BCUT2D eigenvalue weighted by Crippen LogP contribution is 2.29. The van der Waals surface area contributed by atoms with E-state index < -0.39 is 0 Å². The largest absolute Gasteiger partial charge is 0.653 e. The van der Waals surface area contributed by atoms with Crippen molar-refractivity contribution in [1.82, 2.24) is 9.97 Å². The zero-order valence-corrected chi connectivity index (χ0v) is 9.58. The standard InChI is InChI=1S/C12H8N2O.Al/c15-10-5-1-4-9-11(10)12-8(7-14-9)3-2-6-13-12;/h1-7,15H;/q;+1/p-1. The van der Waals surface area contributed by atoms with Crippen molar-refractivity contribution < 1.29 is 3.79 Å². The fourth-order valence-corrected chi connectivity index (χ4v) is 2.03. The summed E-state index contributed by atoms with van der Waals surface area (Å²) in [5, 5.41) is 1.97. The number of aromatic nitrogens is 2. The molecule has 2 aromatic heterocycles. The zero-order valence-electron chi connectivity index (χ0n) is 8.42. The van der Waals surface area contributed by atoms with Gasteiger partial charge in [0.25, 0.3) is 0 Å². The first-order valence-electron chi connectivity index (χ1n) is 4.89. The molecule has 2 heterocycles. The minimum absolute atomic E-state index is 0.777. The van der Waals surface area contributed by atoms with Crippen LogP contribution in [0, 0.1) is 0 Å². The highest BCUT2D eigenvalue weighted by Gasteiger charge is 2.06. The summed E-state index contributed by atoms with van der Waals surface area (Å²) >= 11 is 2.26. The molecule has 3 aromatic rings. The van der Waals surface area contributed by atoms with E-state index in [2.05, 4.69) is 26.6 Å². The van der Waals surface area contributed by atoms with Gasteiger partial charge in [-0.1, -0.05) is 6.07 Å². The Morgan fingerprint density at radius 2 is 2.00 bits per heavy atom. The lowest BCUT2D eigenvalue weighted by molar-refractivity contribution is 0.624. The Bertz CT molecular complexity index is 669. The Morgan fingerprint density at radius 1 is 1.06 bits per heavy atom. The smallest absolute Gasteiger partial charge is 0.482 e. The third-order valence-electron chi connectivity index (χ3n) is 2.55. The minimum atomic E-state index is 0.777. The van der Waals surface area contributed by atoms with Crippen LogP contribution in [-0.4, -0.2) is 26.6 Å². The summed E-state index contributed by atoms with van der Waals surface area (Å²) in [7, 11) is 0. The maximum Gasteiger partial charge on any atom is 0.482 e. The molecule has 0 amide bonds. The molecular weight excluding hydrogens is 215 g/mol. The molecule has 3 nitrogen and oxygen atoms in total. The highest BCUT2D eigenvalue weighted by molar-refractivity contribution is 6.09. The quantitative estimate of drug-likeness (QED) is 0.468. The van der Waals surface area contributed by atoms with Crippen LogP contribution < -0.4 is 3.79 Å². The van der Waals surface area contributed by atoms with E-state index in [9.17, 15) is 0 Å². The topological polar surface area (TPSA) is 35.0 Å². The highest BCUT2D eigenvalue weighted by atomic mass is 27.1. The summed E-state index contributed by atoms with van der Waals surface area (Å²) in [5.74, 6) is 0.777. The van der Waals surface area contributed by atoms with Crippen molar-refractivity contribution in [2.45, 2.75) is 0 Å². The van der Waals surface area contributed by atoms with Gasteiger partial charge in [-0.05, 0) is 24.3 Å². The molecule has 3 rings (SSSR count). The third kappa shape index (κ3) is 1.35. The Kier molecular flexibility index (Phi) is 2.25. The molecule has 0 aliphatic carbocycles. The Labute approximate surface area is 101 Å². The van der Waals surface area contributed by atoms with Crippen molar-refractivity contribution in [3.63, 3.8) is 0 Å². The predicted molar refractivity (Wildman–Crippen MR) is 63.4 cm³/mol. The Hall–Kier alpha value is -1.63. The van der Waals surface area contributed by atoms with E-state index in [0.717, 1.165) is 27.6 Å². The normalized spacial score (nSPS) is 10.8. The molecule has 0 saturated carbocycles. The van der Waals surface area contributed by atoms with E-state index in [-0.39, 0.29) is 0 Å². The van der Waals surface area contributed by atoms with E-state index in [4.69, 9.17) is 3.79 Å². The first-order valence-corrected chi connectivity index (χ1v) is 5.36. The van der Waals surface area contributed by atoms with Crippen molar-refractivity contribution in [1.29, 1.82) is 0 Å². The van der Waals surface area contributed by atoms with Gasteiger partial charge in [0.1, 0.15) is 0 Å². The van der Waals surface area contributed by atoms with Gasteiger partial charge < -0.3 is 3.79 Å². The lowest BCUT2D eigenvalue weighted by Gasteiger charge is -2.08. The Morgan fingerprint density at radius 3 is 2.88 bits per heavy atom. The number of benzene rings is 1. The van der Waals surface area contributed by atoms with Crippen LogP contribution in [0.3, 0.4) is 0 Å². The maximum atomic E-state index is 5.27. The van der Waals surface area contributed by atoms with Crippen LogP contribution in [0.15, 0.2) is 42.7 Å². The average Bonchev–Trinajstić information content (AvgIpc) is 2.37. The minimum Gasteiger partial charge on any atom is -0.653 e. The van der Waals surface area contributed by atoms with Crippen LogP contribution in [0.25, 0.3) is 21.8 Å². The molecule has 0 saturated heterocycles. The zero-order chi connectivity index (χ0) is 11.0. The van der Waals surface area contributed by atoms with E-state index >= 15 is 0 Å². The van der Waals surface area contributed by atoms with Gasteiger partial charge in [-0.25, -0.2) is 0 Å². The molecular formula is C12H7AlN2O. The van der Waals surface area contributed by atoms with Crippen molar-refractivity contribution in [3.05, 3.63) is 42.7 Å². The second-order valence-corrected chi connectivity index (χ2v) is 3.70. The van der Waals surface area contributed by atoms with Crippen LogP contribution >= 0.6 is 0 Å². The number of hydrogen-bond donors (Lipinski definition) is 0. The van der Waals surface area contributed by atoms with Crippen molar-refractivity contribution >= 4 is 38.4 Å². The summed E-state index contributed by atoms with van der Waals surface area (Å²) in [6.45, 7) is 0. The van der Waals surface area contributed by atoms with Crippen molar-refractivity contribution in [2.24, 2.45) is 0 Å². The third-order valence-corrected chi connectivity index (χ3v) is 2.80. The van der Waals surface area contributed by atoms with Gasteiger partial charge in [0.2, 0.25) is 0 Å². The van der Waals surface area contributed by atoms with Gasteiger partial charge in [0.15, 0.2) is 0 Å². The molecule has 0 unspecified atom stereocenters. The summed E-state index contributed by atoms with van der Waals surface area (Å²) in [4.78, 5) is 8.78. The molecule has 0 atom stereocenters. The summed E-state index contributed by atoms with van der Waals surface area (Å²) in [6, 6.07) is 9.68. The van der Waals surface area contributed by atoms with Crippen LogP contribution in [0.5, 0.6) is 5.75 Å². The fraction of sp³-hybridized carbons (Fsp3) is 0.